The number of carboxylic acids is 1. The van der Waals surface area contributed by atoms with Gasteiger partial charge in [-0.05, 0) is 43.7 Å². The molecule has 0 spiro atoms. The number of aliphatic carboxylic acids is 1. The minimum absolute atomic E-state index is 0.0407. The maximum absolute atomic E-state index is 10.7. The number of para-hydroxylation sites is 1. The van der Waals surface area contributed by atoms with Gasteiger partial charge in [-0.1, -0.05) is 48.0 Å². The molecule has 3 aromatic rings. The van der Waals surface area contributed by atoms with Crippen LogP contribution >= 0.6 is 11.6 Å². The van der Waals surface area contributed by atoms with Gasteiger partial charge in [-0.15, -0.1) is 0 Å². The molecule has 0 aliphatic rings. The lowest BCUT2D eigenvalue weighted by Gasteiger charge is -2.15. The maximum Gasteiger partial charge on any atom is 0.305 e. The van der Waals surface area contributed by atoms with Crippen LogP contribution < -0.4 is 0 Å². The fraction of sp³-hybridized carbons (Fsp3) is 0.292. The Bertz CT molecular complexity index is 1050. The molecule has 0 radical (unpaired) electrons. The zero-order valence-corrected chi connectivity index (χ0v) is 17.8. The van der Waals surface area contributed by atoms with Gasteiger partial charge in [-0.2, -0.15) is 0 Å². The standard InChI is InChI=1S/C24H26ClNO4/c1-15(2)26-21-6-4-3-5-20(21)24(16-7-9-17(25)10-8-16)22(26)12-11-18(27)13-19(28)14-23(29)30/h3-12,15,18-19,27-28H,13-14H2,1-2H3,(H,29,30)/b12-11+/t18-,19-/m0/s1. The Morgan fingerprint density at radius 3 is 2.40 bits per heavy atom. The van der Waals surface area contributed by atoms with Crippen LogP contribution in [-0.2, 0) is 4.79 Å². The van der Waals surface area contributed by atoms with Crippen LogP contribution in [0.4, 0.5) is 0 Å². The van der Waals surface area contributed by atoms with E-state index in [1.807, 2.05) is 42.5 Å². The van der Waals surface area contributed by atoms with E-state index in [9.17, 15) is 15.0 Å². The molecule has 0 unspecified atom stereocenters. The van der Waals surface area contributed by atoms with Gasteiger partial charge >= 0.3 is 5.97 Å². The van der Waals surface area contributed by atoms with Gasteiger partial charge in [0.25, 0.3) is 0 Å². The van der Waals surface area contributed by atoms with Crippen molar-refractivity contribution in [3.05, 3.63) is 65.3 Å². The Labute approximate surface area is 180 Å². The van der Waals surface area contributed by atoms with Crippen molar-refractivity contribution in [3.63, 3.8) is 0 Å². The number of carboxylic acid groups (broad SMARTS) is 1. The molecule has 0 aliphatic heterocycles. The first-order valence-corrected chi connectivity index (χ1v) is 10.3. The highest BCUT2D eigenvalue weighted by Crippen LogP contribution is 2.38. The highest BCUT2D eigenvalue weighted by Gasteiger charge is 2.19. The molecule has 0 saturated heterocycles. The van der Waals surface area contributed by atoms with Crippen LogP contribution in [0.15, 0.2) is 54.6 Å². The summed E-state index contributed by atoms with van der Waals surface area (Å²) >= 11 is 6.08. The number of carbonyl (C=O) groups is 1. The second-order valence-corrected chi connectivity index (χ2v) is 8.10. The number of aliphatic hydroxyl groups is 2. The van der Waals surface area contributed by atoms with E-state index in [-0.39, 0.29) is 12.5 Å². The van der Waals surface area contributed by atoms with Crippen LogP contribution in [0.25, 0.3) is 28.1 Å². The lowest BCUT2D eigenvalue weighted by Crippen LogP contribution is -2.19. The van der Waals surface area contributed by atoms with E-state index in [2.05, 4.69) is 30.5 Å². The number of nitrogens with zero attached hydrogens (tertiary/aromatic N) is 1. The van der Waals surface area contributed by atoms with Gasteiger partial charge in [0.2, 0.25) is 0 Å². The average molecular weight is 428 g/mol. The Hall–Kier alpha value is -2.60. The lowest BCUT2D eigenvalue weighted by molar-refractivity contribution is -0.139. The number of aliphatic hydroxyl groups excluding tert-OH is 2. The molecule has 6 heteroatoms. The molecule has 2 aromatic carbocycles. The van der Waals surface area contributed by atoms with E-state index in [0.717, 1.165) is 27.7 Å². The molecule has 3 rings (SSSR count). The van der Waals surface area contributed by atoms with Crippen molar-refractivity contribution in [2.75, 3.05) is 0 Å². The van der Waals surface area contributed by atoms with E-state index in [1.165, 1.54) is 0 Å². The largest absolute Gasteiger partial charge is 0.481 e. The molecule has 3 N–H and O–H groups in total. The Morgan fingerprint density at radius 2 is 1.77 bits per heavy atom. The van der Waals surface area contributed by atoms with Gasteiger partial charge in [0.05, 0.1) is 18.6 Å². The molecule has 0 saturated carbocycles. The Morgan fingerprint density at radius 1 is 1.10 bits per heavy atom. The normalized spacial score (nSPS) is 13.9. The quantitative estimate of drug-likeness (QED) is 0.464. The molecule has 0 fully saturated rings. The summed E-state index contributed by atoms with van der Waals surface area (Å²) < 4.78 is 2.20. The summed E-state index contributed by atoms with van der Waals surface area (Å²) in [5, 5.41) is 30.7. The van der Waals surface area contributed by atoms with Crippen molar-refractivity contribution in [3.8, 4) is 11.1 Å². The smallest absolute Gasteiger partial charge is 0.305 e. The molecule has 0 amide bonds. The molecular weight excluding hydrogens is 402 g/mol. The summed E-state index contributed by atoms with van der Waals surface area (Å²) in [6.07, 6.45) is 0.957. The molecule has 0 aliphatic carbocycles. The molecule has 30 heavy (non-hydrogen) atoms. The van der Waals surface area contributed by atoms with Gasteiger partial charge in [0.1, 0.15) is 0 Å². The van der Waals surface area contributed by atoms with Gasteiger partial charge in [0, 0.05) is 39.6 Å². The van der Waals surface area contributed by atoms with Crippen LogP contribution in [0.5, 0.6) is 0 Å². The first kappa shape index (κ1) is 22.1. The van der Waals surface area contributed by atoms with Gasteiger partial charge in [-0.3, -0.25) is 4.79 Å². The number of hydrogen-bond donors (Lipinski definition) is 3. The third-order valence-corrected chi connectivity index (χ3v) is 5.25. The number of fused-ring (bicyclic) bond motifs is 1. The van der Waals surface area contributed by atoms with Gasteiger partial charge < -0.3 is 19.9 Å². The molecular formula is C24H26ClNO4. The predicted octanol–water partition coefficient (Wildman–Crippen LogP) is 5.14. The molecule has 1 aromatic heterocycles. The molecule has 0 bridgehead atoms. The summed E-state index contributed by atoms with van der Waals surface area (Å²) in [5.41, 5.74) is 4.05. The number of halogens is 1. The predicted molar refractivity (Wildman–Crippen MR) is 121 cm³/mol. The second kappa shape index (κ2) is 9.47. The molecule has 1 heterocycles. The summed E-state index contributed by atoms with van der Waals surface area (Å²) in [7, 11) is 0. The summed E-state index contributed by atoms with van der Waals surface area (Å²) in [6, 6.07) is 15.9. The van der Waals surface area contributed by atoms with E-state index < -0.39 is 24.6 Å². The van der Waals surface area contributed by atoms with E-state index in [0.29, 0.717) is 5.02 Å². The molecule has 2 atom stereocenters. The van der Waals surface area contributed by atoms with Crippen molar-refractivity contribution >= 4 is 34.5 Å². The molecule has 5 nitrogen and oxygen atoms in total. The average Bonchev–Trinajstić information content (AvgIpc) is 3.00. The number of hydrogen-bond acceptors (Lipinski definition) is 3. The van der Waals surface area contributed by atoms with Crippen LogP contribution in [0.1, 0.15) is 38.4 Å². The first-order valence-electron chi connectivity index (χ1n) is 9.93. The second-order valence-electron chi connectivity index (χ2n) is 7.66. The fourth-order valence-corrected chi connectivity index (χ4v) is 3.89. The Kier molecular flexibility index (Phi) is 6.98. The van der Waals surface area contributed by atoms with Gasteiger partial charge in [0.15, 0.2) is 0 Å². The third-order valence-electron chi connectivity index (χ3n) is 5.00. The van der Waals surface area contributed by atoms with Gasteiger partial charge in [-0.25, -0.2) is 0 Å². The highest BCUT2D eigenvalue weighted by atomic mass is 35.5. The van der Waals surface area contributed by atoms with Crippen molar-refractivity contribution in [2.24, 2.45) is 0 Å². The minimum Gasteiger partial charge on any atom is -0.481 e. The van der Waals surface area contributed by atoms with E-state index in [1.54, 1.807) is 6.08 Å². The SMILES string of the molecule is CC(C)n1c(/C=C/[C@H](O)C[C@H](O)CC(=O)O)c(-c2ccc(Cl)cc2)c2ccccc21. The first-order chi connectivity index (χ1) is 14.3. The van der Waals surface area contributed by atoms with Crippen molar-refractivity contribution < 1.29 is 20.1 Å². The van der Waals surface area contributed by atoms with Crippen molar-refractivity contribution in [1.82, 2.24) is 4.57 Å². The van der Waals surface area contributed by atoms with Crippen LogP contribution in [0, 0.1) is 0 Å². The zero-order chi connectivity index (χ0) is 21.8. The third kappa shape index (κ3) is 4.93. The highest BCUT2D eigenvalue weighted by molar-refractivity contribution is 6.30. The summed E-state index contributed by atoms with van der Waals surface area (Å²) in [4.78, 5) is 10.7. The Balaban J connectivity index is 2.08. The fourth-order valence-electron chi connectivity index (χ4n) is 3.77. The minimum atomic E-state index is -1.10. The summed E-state index contributed by atoms with van der Waals surface area (Å²) in [5.74, 6) is -1.09. The number of aromatic nitrogens is 1. The summed E-state index contributed by atoms with van der Waals surface area (Å²) in [6.45, 7) is 4.20. The van der Waals surface area contributed by atoms with Crippen LogP contribution in [0.3, 0.4) is 0 Å². The topological polar surface area (TPSA) is 82.7 Å². The van der Waals surface area contributed by atoms with E-state index >= 15 is 0 Å². The van der Waals surface area contributed by atoms with E-state index in [4.69, 9.17) is 16.7 Å². The lowest BCUT2D eigenvalue weighted by atomic mass is 10.0. The van der Waals surface area contributed by atoms with Crippen molar-refractivity contribution in [2.45, 2.75) is 44.9 Å². The monoisotopic (exact) mass is 427 g/mol. The van der Waals surface area contributed by atoms with Crippen molar-refractivity contribution in [1.29, 1.82) is 0 Å². The van der Waals surface area contributed by atoms with Crippen LogP contribution in [0.2, 0.25) is 5.02 Å². The maximum atomic E-state index is 10.7. The number of rotatable bonds is 8. The number of benzene rings is 2. The zero-order valence-electron chi connectivity index (χ0n) is 17.0. The molecule has 158 valence electrons. The van der Waals surface area contributed by atoms with Crippen LogP contribution in [-0.4, -0.2) is 38.1 Å².